The highest BCUT2D eigenvalue weighted by molar-refractivity contribution is 5.44. The van der Waals surface area contributed by atoms with Crippen LogP contribution in [0.3, 0.4) is 0 Å². The number of hydrogen-bond acceptors (Lipinski definition) is 5. The first kappa shape index (κ1) is 19.8. The standard InChI is InChI=1S/C21H26O5/c1-13(2)15-6-7-17(12-22)21(23)20(10-15)26-14(3)16-8-9-18(24-4)19(11-16)25-5/h6-11,13-14,22H,12H2,1-5H3. The molecule has 0 radical (unpaired) electrons. The number of rotatable bonds is 7. The highest BCUT2D eigenvalue weighted by Gasteiger charge is 2.15. The van der Waals surface area contributed by atoms with Crippen LogP contribution in [0.25, 0.3) is 0 Å². The molecule has 0 amide bonds. The van der Waals surface area contributed by atoms with Crippen LogP contribution in [-0.4, -0.2) is 19.3 Å². The van der Waals surface area contributed by atoms with Crippen LogP contribution in [-0.2, 0) is 6.61 Å². The molecule has 1 N–H and O–H groups in total. The number of hydrogen-bond donors (Lipinski definition) is 1. The zero-order valence-electron chi connectivity index (χ0n) is 15.9. The molecule has 26 heavy (non-hydrogen) atoms. The Hall–Kier alpha value is -2.53. The lowest BCUT2D eigenvalue weighted by molar-refractivity contribution is 0.222. The Labute approximate surface area is 154 Å². The average molecular weight is 358 g/mol. The van der Waals surface area contributed by atoms with Crippen molar-refractivity contribution in [3.8, 4) is 17.2 Å². The maximum atomic E-state index is 12.6. The van der Waals surface area contributed by atoms with Gasteiger partial charge in [0, 0.05) is 5.56 Å². The van der Waals surface area contributed by atoms with Gasteiger partial charge in [-0.3, -0.25) is 4.79 Å². The Balaban J connectivity index is 2.42. The van der Waals surface area contributed by atoms with Crippen molar-refractivity contribution in [2.75, 3.05) is 14.2 Å². The zero-order valence-corrected chi connectivity index (χ0v) is 15.9. The molecule has 0 aromatic heterocycles. The van der Waals surface area contributed by atoms with Gasteiger partial charge in [0.25, 0.3) is 0 Å². The van der Waals surface area contributed by atoms with Crippen molar-refractivity contribution in [1.29, 1.82) is 0 Å². The van der Waals surface area contributed by atoms with Crippen molar-refractivity contribution in [3.63, 3.8) is 0 Å². The third kappa shape index (κ3) is 4.35. The van der Waals surface area contributed by atoms with Gasteiger partial charge >= 0.3 is 0 Å². The molecule has 0 aliphatic rings. The minimum absolute atomic E-state index is 0.227. The predicted molar refractivity (Wildman–Crippen MR) is 101 cm³/mol. The summed E-state index contributed by atoms with van der Waals surface area (Å²) in [6.07, 6.45) is -0.378. The number of benzene rings is 1. The van der Waals surface area contributed by atoms with Crippen LogP contribution in [0.4, 0.5) is 0 Å². The summed E-state index contributed by atoms with van der Waals surface area (Å²) in [5.74, 6) is 1.68. The van der Waals surface area contributed by atoms with Crippen molar-refractivity contribution in [2.45, 2.75) is 39.4 Å². The van der Waals surface area contributed by atoms with E-state index in [2.05, 4.69) is 0 Å². The van der Waals surface area contributed by atoms with Crippen molar-refractivity contribution in [3.05, 3.63) is 63.3 Å². The molecule has 5 heteroatoms. The number of methoxy groups -OCH3 is 2. The Bertz CT molecular complexity index is 814. The summed E-state index contributed by atoms with van der Waals surface area (Å²) in [6, 6.07) is 10.8. The summed E-state index contributed by atoms with van der Waals surface area (Å²) >= 11 is 0. The number of aliphatic hydroxyl groups is 1. The maximum Gasteiger partial charge on any atom is 0.225 e. The third-order valence-corrected chi connectivity index (χ3v) is 4.31. The Kier molecular flexibility index (Phi) is 6.64. The number of aliphatic hydroxyl groups excluding tert-OH is 1. The van der Waals surface area contributed by atoms with E-state index in [1.807, 2.05) is 39.0 Å². The lowest BCUT2D eigenvalue weighted by atomic mass is 10.1. The monoisotopic (exact) mass is 358 g/mol. The molecule has 0 saturated carbocycles. The second-order valence-corrected chi connectivity index (χ2v) is 6.38. The van der Waals surface area contributed by atoms with Gasteiger partial charge < -0.3 is 19.3 Å². The number of ether oxygens (including phenoxy) is 3. The molecule has 0 bridgehead atoms. The highest BCUT2D eigenvalue weighted by Crippen LogP contribution is 2.31. The van der Waals surface area contributed by atoms with Gasteiger partial charge in [0.1, 0.15) is 6.10 Å². The largest absolute Gasteiger partial charge is 0.493 e. The van der Waals surface area contributed by atoms with Crippen molar-refractivity contribution < 1.29 is 19.3 Å². The second kappa shape index (κ2) is 8.72. The maximum absolute atomic E-state index is 12.6. The molecule has 2 aromatic rings. The summed E-state index contributed by atoms with van der Waals surface area (Å²) in [7, 11) is 3.15. The van der Waals surface area contributed by atoms with Crippen LogP contribution in [0.2, 0.25) is 0 Å². The van der Waals surface area contributed by atoms with Crippen LogP contribution in [0.1, 0.15) is 49.5 Å². The Morgan fingerprint density at radius 1 is 0.885 bits per heavy atom. The van der Waals surface area contributed by atoms with Crippen LogP contribution in [0.15, 0.2) is 41.2 Å². The molecule has 0 heterocycles. The lowest BCUT2D eigenvalue weighted by Gasteiger charge is -2.17. The predicted octanol–water partition coefficient (Wildman–Crippen LogP) is 3.82. The van der Waals surface area contributed by atoms with Gasteiger partial charge in [0.2, 0.25) is 5.43 Å². The summed E-state index contributed by atoms with van der Waals surface area (Å²) < 4.78 is 16.6. The SMILES string of the molecule is COc1ccc(C(C)Oc2cc(C(C)C)ccc(CO)c2=O)cc1OC. The van der Waals surface area contributed by atoms with E-state index >= 15 is 0 Å². The van der Waals surface area contributed by atoms with Crippen LogP contribution in [0.5, 0.6) is 17.2 Å². The quantitative estimate of drug-likeness (QED) is 0.815. The third-order valence-electron chi connectivity index (χ3n) is 4.31. The van der Waals surface area contributed by atoms with E-state index in [1.165, 1.54) is 0 Å². The second-order valence-electron chi connectivity index (χ2n) is 6.38. The van der Waals surface area contributed by atoms with Crippen molar-refractivity contribution in [2.24, 2.45) is 0 Å². The van der Waals surface area contributed by atoms with Gasteiger partial charge in [-0.05, 0) is 42.2 Å². The minimum atomic E-state index is -0.378. The first-order chi connectivity index (χ1) is 12.4. The first-order valence-electron chi connectivity index (χ1n) is 8.57. The molecule has 2 rings (SSSR count). The van der Waals surface area contributed by atoms with Gasteiger partial charge in [0.05, 0.1) is 20.8 Å². The molecule has 140 valence electrons. The van der Waals surface area contributed by atoms with Gasteiger partial charge in [-0.1, -0.05) is 32.0 Å². The van der Waals surface area contributed by atoms with Gasteiger partial charge in [-0.15, -0.1) is 0 Å². The van der Waals surface area contributed by atoms with Crippen molar-refractivity contribution in [1.82, 2.24) is 0 Å². The Morgan fingerprint density at radius 3 is 2.08 bits per heavy atom. The van der Waals surface area contributed by atoms with E-state index in [9.17, 15) is 9.90 Å². The van der Waals surface area contributed by atoms with Gasteiger partial charge in [0.15, 0.2) is 17.2 Å². The van der Waals surface area contributed by atoms with Gasteiger partial charge in [-0.2, -0.15) is 0 Å². The van der Waals surface area contributed by atoms with E-state index in [4.69, 9.17) is 14.2 Å². The molecule has 0 aliphatic heterocycles. The molecule has 0 aliphatic carbocycles. The van der Waals surface area contributed by atoms with Crippen LogP contribution >= 0.6 is 0 Å². The van der Waals surface area contributed by atoms with Crippen LogP contribution in [0, 0.1) is 0 Å². The smallest absolute Gasteiger partial charge is 0.225 e. The van der Waals surface area contributed by atoms with Crippen molar-refractivity contribution >= 4 is 0 Å². The molecule has 0 spiro atoms. The normalized spacial score (nSPS) is 12.0. The summed E-state index contributed by atoms with van der Waals surface area (Å²) in [5.41, 5.74) is 1.83. The van der Waals surface area contributed by atoms with E-state index in [1.54, 1.807) is 32.4 Å². The summed E-state index contributed by atoms with van der Waals surface area (Å²) in [6.45, 7) is 5.62. The molecule has 0 saturated heterocycles. The van der Waals surface area contributed by atoms with E-state index in [-0.39, 0.29) is 29.8 Å². The van der Waals surface area contributed by atoms with Gasteiger partial charge in [-0.25, -0.2) is 0 Å². The fourth-order valence-electron chi connectivity index (χ4n) is 2.63. The Morgan fingerprint density at radius 2 is 1.50 bits per heavy atom. The molecular formula is C21H26O5. The molecule has 2 aromatic carbocycles. The topological polar surface area (TPSA) is 65.0 Å². The minimum Gasteiger partial charge on any atom is -0.493 e. The molecule has 1 atom stereocenters. The lowest BCUT2D eigenvalue weighted by Crippen LogP contribution is -2.13. The van der Waals surface area contributed by atoms with E-state index in [0.29, 0.717) is 17.1 Å². The zero-order chi connectivity index (χ0) is 19.3. The summed E-state index contributed by atoms with van der Waals surface area (Å²) in [5, 5.41) is 9.47. The fraction of sp³-hybridized carbons (Fsp3) is 0.381. The molecule has 0 fully saturated rings. The molecule has 5 nitrogen and oxygen atoms in total. The van der Waals surface area contributed by atoms with E-state index in [0.717, 1.165) is 11.1 Å². The molecular weight excluding hydrogens is 332 g/mol. The highest BCUT2D eigenvalue weighted by atomic mass is 16.5. The molecule has 1 unspecified atom stereocenters. The summed E-state index contributed by atoms with van der Waals surface area (Å²) in [4.78, 5) is 12.6. The average Bonchev–Trinajstić information content (AvgIpc) is 2.80. The first-order valence-corrected chi connectivity index (χ1v) is 8.57. The fourth-order valence-corrected chi connectivity index (χ4v) is 2.63. The van der Waals surface area contributed by atoms with Crippen LogP contribution < -0.4 is 19.6 Å². The van der Waals surface area contributed by atoms with E-state index < -0.39 is 0 Å².